The Morgan fingerprint density at radius 3 is 2.54 bits per heavy atom. The molecule has 4 saturated carbocycles. The van der Waals surface area contributed by atoms with Crippen molar-refractivity contribution in [2.45, 2.75) is 101 Å². The Labute approximate surface area is 210 Å². The number of ether oxygens (including phenoxy) is 3. The summed E-state index contributed by atoms with van der Waals surface area (Å²) in [5.41, 5.74) is 1.26. The third kappa shape index (κ3) is 2.47. The van der Waals surface area contributed by atoms with E-state index in [4.69, 9.17) is 14.2 Å². The monoisotopic (exact) mass is 481 g/mol. The summed E-state index contributed by atoms with van der Waals surface area (Å²) in [5, 5.41) is 12.3. The molecule has 8 rings (SSSR count). The van der Waals surface area contributed by atoms with Crippen LogP contribution in [-0.4, -0.2) is 60.7 Å². The summed E-state index contributed by atoms with van der Waals surface area (Å²) in [6, 6.07) is 4.93. The van der Waals surface area contributed by atoms with Gasteiger partial charge in [0.25, 0.3) is 0 Å². The zero-order chi connectivity index (χ0) is 24.6. The van der Waals surface area contributed by atoms with Gasteiger partial charge in [0.05, 0.1) is 12.7 Å². The van der Waals surface area contributed by atoms with Crippen molar-refractivity contribution < 1.29 is 19.3 Å². The molecule has 5 aliphatic carbocycles. The van der Waals surface area contributed by atoms with Crippen LogP contribution in [0.15, 0.2) is 12.1 Å². The second-order valence-corrected chi connectivity index (χ2v) is 14.0. The van der Waals surface area contributed by atoms with Crippen LogP contribution in [0.25, 0.3) is 0 Å². The van der Waals surface area contributed by atoms with Crippen molar-refractivity contribution in [1.82, 2.24) is 4.90 Å². The van der Waals surface area contributed by atoms with Crippen LogP contribution in [0, 0.1) is 22.7 Å². The van der Waals surface area contributed by atoms with E-state index in [1.165, 1.54) is 30.5 Å². The van der Waals surface area contributed by atoms with Gasteiger partial charge in [0, 0.05) is 42.0 Å². The largest absolute Gasteiger partial charge is 0.493 e. The summed E-state index contributed by atoms with van der Waals surface area (Å²) in [5.74, 6) is 2.71. The van der Waals surface area contributed by atoms with Gasteiger partial charge in [0.1, 0.15) is 11.7 Å². The second-order valence-electron chi connectivity index (χ2n) is 14.0. The molecule has 0 aromatic heterocycles. The number of nitrogens with zero attached hydrogens (tertiary/aromatic N) is 1. The summed E-state index contributed by atoms with van der Waals surface area (Å²) in [7, 11) is 3.63. The second kappa shape index (κ2) is 6.76. The zero-order valence-corrected chi connectivity index (χ0v) is 22.4. The van der Waals surface area contributed by atoms with Gasteiger partial charge in [-0.15, -0.1) is 0 Å². The van der Waals surface area contributed by atoms with Gasteiger partial charge in [-0.25, -0.2) is 0 Å². The van der Waals surface area contributed by atoms with Crippen LogP contribution >= 0.6 is 0 Å². The van der Waals surface area contributed by atoms with Crippen LogP contribution in [0.3, 0.4) is 0 Å². The predicted octanol–water partition coefficient (Wildman–Crippen LogP) is 4.72. The van der Waals surface area contributed by atoms with Crippen LogP contribution < -0.4 is 9.47 Å². The van der Waals surface area contributed by atoms with Gasteiger partial charge >= 0.3 is 0 Å². The minimum atomic E-state index is -0.879. The van der Waals surface area contributed by atoms with Gasteiger partial charge in [0.2, 0.25) is 0 Å². The predicted molar refractivity (Wildman–Crippen MR) is 135 cm³/mol. The van der Waals surface area contributed by atoms with Crippen molar-refractivity contribution in [3.05, 3.63) is 23.3 Å². The van der Waals surface area contributed by atoms with Crippen molar-refractivity contribution in [1.29, 1.82) is 0 Å². The standard InChI is InChI=1S/C30H43NO4/c1-26(2,3)27(4,32)21-16-28-11-12-30(21,34-6)25-29(28)13-14-31(17-18-7-8-18)22(28)15-19-9-10-20(33-5)24(35-25)23(19)29/h9-10,18,21-22,25,32H,7-8,11-17H2,1-6H3/t21-,22+,25+,27?,28-,29-,30-/m0/s1. The summed E-state index contributed by atoms with van der Waals surface area (Å²) < 4.78 is 19.6. The van der Waals surface area contributed by atoms with Crippen molar-refractivity contribution in [2.75, 3.05) is 27.3 Å². The maximum absolute atomic E-state index is 12.3. The van der Waals surface area contributed by atoms with Gasteiger partial charge in [-0.3, -0.25) is 4.90 Å². The number of benzene rings is 1. The van der Waals surface area contributed by atoms with Crippen LogP contribution in [0.1, 0.15) is 77.3 Å². The lowest BCUT2D eigenvalue weighted by Gasteiger charge is -2.75. The number of aliphatic hydroxyl groups is 1. The highest BCUT2D eigenvalue weighted by molar-refractivity contribution is 5.63. The molecule has 0 radical (unpaired) electrons. The third-order valence-corrected chi connectivity index (χ3v) is 12.1. The van der Waals surface area contributed by atoms with Crippen molar-refractivity contribution in [2.24, 2.45) is 22.7 Å². The number of hydrogen-bond acceptors (Lipinski definition) is 5. The minimum absolute atomic E-state index is 0.0112. The Balaban J connectivity index is 1.48. The van der Waals surface area contributed by atoms with E-state index < -0.39 is 11.2 Å². The first-order chi connectivity index (χ1) is 16.6. The molecular formula is C30H43NO4. The molecule has 2 heterocycles. The molecule has 192 valence electrons. The Kier molecular flexibility index (Phi) is 4.42. The molecule has 2 spiro atoms. The molecule has 1 N–H and O–H groups in total. The fourth-order valence-corrected chi connectivity index (χ4v) is 9.73. The van der Waals surface area contributed by atoms with Gasteiger partial charge in [-0.05, 0) is 81.4 Å². The molecule has 7 atom stereocenters. The van der Waals surface area contributed by atoms with Gasteiger partial charge < -0.3 is 19.3 Å². The van der Waals surface area contributed by atoms with Crippen LogP contribution in [0.2, 0.25) is 0 Å². The van der Waals surface area contributed by atoms with Crippen molar-refractivity contribution in [3.8, 4) is 11.5 Å². The van der Waals surface area contributed by atoms with Crippen molar-refractivity contribution in [3.63, 3.8) is 0 Å². The smallest absolute Gasteiger partial charge is 0.165 e. The lowest BCUT2D eigenvalue weighted by molar-refractivity contribution is -0.312. The van der Waals surface area contributed by atoms with E-state index in [0.29, 0.717) is 6.04 Å². The highest BCUT2D eigenvalue weighted by Crippen LogP contribution is 2.78. The minimum Gasteiger partial charge on any atom is -0.493 e. The highest BCUT2D eigenvalue weighted by Gasteiger charge is 2.82. The molecule has 5 fully saturated rings. The molecule has 1 aromatic rings. The average molecular weight is 482 g/mol. The molecule has 1 unspecified atom stereocenters. The molecule has 2 aliphatic heterocycles. The molecule has 4 bridgehead atoms. The van der Waals surface area contributed by atoms with Crippen LogP contribution in [0.4, 0.5) is 0 Å². The highest BCUT2D eigenvalue weighted by atomic mass is 16.6. The molecule has 1 aromatic carbocycles. The quantitative estimate of drug-likeness (QED) is 0.660. The van der Waals surface area contributed by atoms with Gasteiger partial charge in [-0.2, -0.15) is 0 Å². The van der Waals surface area contributed by atoms with Crippen molar-refractivity contribution >= 4 is 0 Å². The lowest BCUT2D eigenvalue weighted by Crippen LogP contribution is -2.83. The zero-order valence-electron chi connectivity index (χ0n) is 22.4. The van der Waals surface area contributed by atoms with E-state index in [1.807, 2.05) is 7.11 Å². The Morgan fingerprint density at radius 2 is 1.89 bits per heavy atom. The summed E-state index contributed by atoms with van der Waals surface area (Å²) in [6.45, 7) is 11.0. The van der Waals surface area contributed by atoms with E-state index in [0.717, 1.165) is 56.1 Å². The topological polar surface area (TPSA) is 51.2 Å². The van der Waals surface area contributed by atoms with E-state index in [2.05, 4.69) is 44.7 Å². The maximum Gasteiger partial charge on any atom is 0.165 e. The number of methoxy groups -OCH3 is 2. The fraction of sp³-hybridized carbons (Fsp3) is 0.800. The normalized spacial score (nSPS) is 42.9. The average Bonchev–Trinajstić information content (AvgIpc) is 3.56. The number of piperidine rings is 1. The van der Waals surface area contributed by atoms with E-state index in [9.17, 15) is 5.11 Å². The molecule has 5 heteroatoms. The molecular weight excluding hydrogens is 438 g/mol. The molecule has 5 nitrogen and oxygen atoms in total. The molecule has 7 aliphatic rings. The third-order valence-electron chi connectivity index (χ3n) is 12.1. The molecule has 35 heavy (non-hydrogen) atoms. The first-order valence-electron chi connectivity index (χ1n) is 13.9. The SMILES string of the molecule is COc1ccc2c3c1O[C@H]1[C@]4(OC)CC[C@]5(C[C@H]4C(C)(O)C(C)(C)C)[C@@H](C2)N(CC2CC2)CC[C@]315. The number of fused-ring (bicyclic) bond motifs is 2. The fourth-order valence-electron chi connectivity index (χ4n) is 9.73. The molecule has 0 amide bonds. The first-order valence-corrected chi connectivity index (χ1v) is 13.9. The van der Waals surface area contributed by atoms with E-state index in [-0.39, 0.29) is 28.3 Å². The first kappa shape index (κ1) is 22.9. The van der Waals surface area contributed by atoms with Gasteiger partial charge in [-0.1, -0.05) is 26.8 Å². The van der Waals surface area contributed by atoms with Gasteiger partial charge in [0.15, 0.2) is 11.5 Å². The van der Waals surface area contributed by atoms with E-state index >= 15 is 0 Å². The molecule has 1 saturated heterocycles. The van der Waals surface area contributed by atoms with E-state index in [1.54, 1.807) is 7.11 Å². The van der Waals surface area contributed by atoms with Crippen LogP contribution in [0.5, 0.6) is 11.5 Å². The summed E-state index contributed by atoms with van der Waals surface area (Å²) in [4.78, 5) is 2.86. The van der Waals surface area contributed by atoms with Crippen LogP contribution in [-0.2, 0) is 16.6 Å². The Bertz CT molecular complexity index is 1070. The summed E-state index contributed by atoms with van der Waals surface area (Å²) >= 11 is 0. The number of hydrogen-bond donors (Lipinski definition) is 1. The number of likely N-dealkylation sites (tertiary alicyclic amines) is 1. The Morgan fingerprint density at radius 1 is 1.11 bits per heavy atom. The lowest BCUT2D eigenvalue weighted by atomic mass is 9.33. The maximum atomic E-state index is 12.3. The number of rotatable bonds is 5. The summed E-state index contributed by atoms with van der Waals surface area (Å²) in [6.07, 6.45) is 8.00. The Hall–Kier alpha value is -1.30.